The Balaban J connectivity index is 1.89. The number of aromatic nitrogens is 1. The number of hydrogen-bond acceptors (Lipinski definition) is 5. The van der Waals surface area contributed by atoms with Crippen LogP contribution in [0.5, 0.6) is 0 Å². The molecular formula is C16H12N2O4. The van der Waals surface area contributed by atoms with E-state index < -0.39 is 5.97 Å². The zero-order valence-electron chi connectivity index (χ0n) is 11.7. The summed E-state index contributed by atoms with van der Waals surface area (Å²) in [5, 5.41) is 2.70. The van der Waals surface area contributed by atoms with Crippen molar-refractivity contribution in [1.82, 2.24) is 4.98 Å². The van der Waals surface area contributed by atoms with E-state index in [2.05, 4.69) is 10.3 Å². The maximum atomic E-state index is 12.3. The summed E-state index contributed by atoms with van der Waals surface area (Å²) in [6.45, 7) is 0. The molecule has 0 radical (unpaired) electrons. The Morgan fingerprint density at radius 2 is 2.00 bits per heavy atom. The molecular weight excluding hydrogens is 284 g/mol. The van der Waals surface area contributed by atoms with E-state index in [1.807, 2.05) is 0 Å². The standard InChI is InChI=1S/C16H12N2O4/c1-21-16(20)11-4-2-3-5-12(11)18-15(19)10-6-7-13-14(8-10)22-9-17-13/h2-9H,1H3,(H,18,19). The van der Waals surface area contributed by atoms with Crippen molar-refractivity contribution in [2.24, 2.45) is 0 Å². The molecule has 3 rings (SSSR count). The van der Waals surface area contributed by atoms with Gasteiger partial charge in [0.15, 0.2) is 12.0 Å². The van der Waals surface area contributed by atoms with Crippen LogP contribution in [-0.2, 0) is 4.74 Å². The molecule has 6 heteroatoms. The van der Waals surface area contributed by atoms with E-state index >= 15 is 0 Å². The smallest absolute Gasteiger partial charge is 0.339 e. The predicted octanol–water partition coefficient (Wildman–Crippen LogP) is 2.87. The first-order chi connectivity index (χ1) is 10.7. The fraction of sp³-hybridized carbons (Fsp3) is 0.0625. The number of methoxy groups -OCH3 is 1. The van der Waals surface area contributed by atoms with Gasteiger partial charge in [-0.2, -0.15) is 0 Å². The van der Waals surface area contributed by atoms with Crippen molar-refractivity contribution in [3.05, 3.63) is 60.0 Å². The van der Waals surface area contributed by atoms with E-state index in [4.69, 9.17) is 9.15 Å². The molecule has 0 saturated carbocycles. The molecule has 1 heterocycles. The molecule has 6 nitrogen and oxygen atoms in total. The minimum absolute atomic E-state index is 0.291. The SMILES string of the molecule is COC(=O)c1ccccc1NC(=O)c1ccc2ncoc2c1. The number of ether oxygens (including phenoxy) is 1. The largest absolute Gasteiger partial charge is 0.465 e. The Morgan fingerprint density at radius 1 is 1.18 bits per heavy atom. The summed E-state index contributed by atoms with van der Waals surface area (Å²) in [5.41, 5.74) is 2.28. The summed E-state index contributed by atoms with van der Waals surface area (Å²) in [5.74, 6) is -0.865. The molecule has 3 aromatic rings. The number of esters is 1. The lowest BCUT2D eigenvalue weighted by molar-refractivity contribution is 0.0602. The average molecular weight is 296 g/mol. The van der Waals surface area contributed by atoms with E-state index in [-0.39, 0.29) is 5.91 Å². The molecule has 0 atom stereocenters. The Hall–Kier alpha value is -3.15. The Morgan fingerprint density at radius 3 is 2.82 bits per heavy atom. The van der Waals surface area contributed by atoms with Gasteiger partial charge in [0.05, 0.1) is 18.4 Å². The number of nitrogens with zero attached hydrogens (tertiary/aromatic N) is 1. The van der Waals surface area contributed by atoms with Crippen LogP contribution in [0.4, 0.5) is 5.69 Å². The summed E-state index contributed by atoms with van der Waals surface area (Å²) < 4.78 is 9.87. The lowest BCUT2D eigenvalue weighted by Crippen LogP contribution is -2.15. The number of hydrogen-bond donors (Lipinski definition) is 1. The van der Waals surface area contributed by atoms with Crippen LogP contribution in [0.1, 0.15) is 20.7 Å². The zero-order valence-corrected chi connectivity index (χ0v) is 11.7. The van der Waals surface area contributed by atoms with Crippen molar-refractivity contribution < 1.29 is 18.7 Å². The summed E-state index contributed by atoms with van der Waals surface area (Å²) in [6.07, 6.45) is 1.32. The Labute approximate surface area is 125 Å². The molecule has 0 aliphatic carbocycles. The van der Waals surface area contributed by atoms with Gasteiger partial charge in [-0.05, 0) is 30.3 Å². The highest BCUT2D eigenvalue weighted by Crippen LogP contribution is 2.19. The van der Waals surface area contributed by atoms with Gasteiger partial charge >= 0.3 is 5.97 Å². The lowest BCUT2D eigenvalue weighted by Gasteiger charge is -2.09. The van der Waals surface area contributed by atoms with Crippen LogP contribution >= 0.6 is 0 Å². The number of rotatable bonds is 3. The maximum absolute atomic E-state index is 12.3. The number of anilines is 1. The number of carbonyl (C=O) groups excluding carboxylic acids is 2. The number of carbonyl (C=O) groups is 2. The van der Waals surface area contributed by atoms with Gasteiger partial charge < -0.3 is 14.5 Å². The van der Waals surface area contributed by atoms with Crippen molar-refractivity contribution in [3.8, 4) is 0 Å². The third-order valence-corrected chi connectivity index (χ3v) is 3.17. The highest BCUT2D eigenvalue weighted by atomic mass is 16.5. The normalized spacial score (nSPS) is 10.4. The van der Waals surface area contributed by atoms with Crippen molar-refractivity contribution in [1.29, 1.82) is 0 Å². The van der Waals surface area contributed by atoms with Crippen LogP contribution in [0, 0.1) is 0 Å². The maximum Gasteiger partial charge on any atom is 0.339 e. The molecule has 1 aromatic heterocycles. The summed E-state index contributed by atoms with van der Waals surface area (Å²) in [7, 11) is 1.29. The number of para-hydroxylation sites is 1. The molecule has 1 amide bonds. The Kier molecular flexibility index (Phi) is 3.57. The highest BCUT2D eigenvalue weighted by molar-refractivity contribution is 6.08. The molecule has 0 saturated heterocycles. The topological polar surface area (TPSA) is 81.4 Å². The van der Waals surface area contributed by atoms with Gasteiger partial charge in [0.1, 0.15) is 5.52 Å². The second-order valence-electron chi connectivity index (χ2n) is 4.53. The molecule has 0 spiro atoms. The Bertz CT molecular complexity index is 854. The molecule has 110 valence electrons. The van der Waals surface area contributed by atoms with Crippen molar-refractivity contribution in [3.63, 3.8) is 0 Å². The number of fused-ring (bicyclic) bond motifs is 1. The molecule has 0 fully saturated rings. The van der Waals surface area contributed by atoms with Crippen LogP contribution in [-0.4, -0.2) is 24.0 Å². The van der Waals surface area contributed by atoms with Gasteiger partial charge in [0.2, 0.25) is 0 Å². The van der Waals surface area contributed by atoms with Crippen LogP contribution in [0.2, 0.25) is 0 Å². The van der Waals surface area contributed by atoms with Crippen molar-refractivity contribution in [2.75, 3.05) is 12.4 Å². The third kappa shape index (κ3) is 2.54. The van der Waals surface area contributed by atoms with Gasteiger partial charge in [-0.3, -0.25) is 4.79 Å². The quantitative estimate of drug-likeness (QED) is 0.751. The molecule has 0 bridgehead atoms. The van der Waals surface area contributed by atoms with Gasteiger partial charge in [0, 0.05) is 5.56 Å². The monoisotopic (exact) mass is 296 g/mol. The van der Waals surface area contributed by atoms with Gasteiger partial charge in [0.25, 0.3) is 5.91 Å². The molecule has 22 heavy (non-hydrogen) atoms. The second-order valence-corrected chi connectivity index (χ2v) is 4.53. The van der Waals surface area contributed by atoms with Gasteiger partial charge in [-0.1, -0.05) is 12.1 Å². The number of benzene rings is 2. The minimum Gasteiger partial charge on any atom is -0.465 e. The number of oxazole rings is 1. The minimum atomic E-state index is -0.512. The highest BCUT2D eigenvalue weighted by Gasteiger charge is 2.14. The predicted molar refractivity (Wildman–Crippen MR) is 79.7 cm³/mol. The van der Waals surface area contributed by atoms with Crippen LogP contribution in [0.25, 0.3) is 11.1 Å². The fourth-order valence-electron chi connectivity index (χ4n) is 2.07. The zero-order chi connectivity index (χ0) is 15.5. The van der Waals surface area contributed by atoms with Crippen molar-refractivity contribution in [2.45, 2.75) is 0 Å². The van der Waals surface area contributed by atoms with E-state index in [0.717, 1.165) is 0 Å². The van der Waals surface area contributed by atoms with E-state index in [9.17, 15) is 9.59 Å². The van der Waals surface area contributed by atoms with Gasteiger partial charge in [-0.15, -0.1) is 0 Å². The van der Waals surface area contributed by atoms with Crippen LogP contribution in [0.3, 0.4) is 0 Å². The fourth-order valence-corrected chi connectivity index (χ4v) is 2.07. The first kappa shape index (κ1) is 13.8. The van der Waals surface area contributed by atoms with E-state index in [1.165, 1.54) is 13.5 Å². The lowest BCUT2D eigenvalue weighted by atomic mass is 10.1. The molecule has 0 unspecified atom stereocenters. The molecule has 0 aliphatic rings. The van der Waals surface area contributed by atoms with E-state index in [0.29, 0.717) is 27.9 Å². The third-order valence-electron chi connectivity index (χ3n) is 3.17. The number of amides is 1. The van der Waals surface area contributed by atoms with E-state index in [1.54, 1.807) is 42.5 Å². The molecule has 0 aliphatic heterocycles. The van der Waals surface area contributed by atoms with Gasteiger partial charge in [-0.25, -0.2) is 9.78 Å². The first-order valence-electron chi connectivity index (χ1n) is 6.51. The second kappa shape index (κ2) is 5.69. The first-order valence-corrected chi connectivity index (χ1v) is 6.51. The van der Waals surface area contributed by atoms with Crippen LogP contribution in [0.15, 0.2) is 53.3 Å². The van der Waals surface area contributed by atoms with Crippen molar-refractivity contribution >= 4 is 28.7 Å². The molecule has 2 aromatic carbocycles. The summed E-state index contributed by atoms with van der Waals surface area (Å²) >= 11 is 0. The summed E-state index contributed by atoms with van der Waals surface area (Å²) in [4.78, 5) is 28.0. The summed E-state index contributed by atoms with van der Waals surface area (Å²) in [6, 6.07) is 11.6. The molecule has 1 N–H and O–H groups in total. The number of nitrogens with one attached hydrogen (secondary N) is 1. The average Bonchev–Trinajstić information content (AvgIpc) is 3.02. The van der Waals surface area contributed by atoms with Crippen LogP contribution < -0.4 is 5.32 Å².